The number of nitrogens with one attached hydrogen (secondary N) is 1. The van der Waals surface area contributed by atoms with Gasteiger partial charge in [-0.05, 0) is 43.0 Å². The van der Waals surface area contributed by atoms with Gasteiger partial charge in [0.25, 0.3) is 5.91 Å². The number of para-hydroxylation sites is 1. The lowest BCUT2D eigenvalue weighted by Crippen LogP contribution is -2.42. The third kappa shape index (κ3) is 3.26. The molecule has 0 saturated carbocycles. The molecule has 118 valence electrons. The van der Waals surface area contributed by atoms with Gasteiger partial charge in [0, 0.05) is 17.8 Å². The first kappa shape index (κ1) is 15.3. The SMILES string of the molecule is Cc1ccccc1C(=O)NCC(=O)N1CCCc2ccccc21. The maximum absolute atomic E-state index is 12.5. The smallest absolute Gasteiger partial charge is 0.251 e. The second kappa shape index (κ2) is 6.65. The molecular formula is C19H20N2O2. The largest absolute Gasteiger partial charge is 0.343 e. The van der Waals surface area contributed by atoms with Crippen molar-refractivity contribution in [3.63, 3.8) is 0 Å². The number of amides is 2. The number of carbonyl (C=O) groups is 2. The van der Waals surface area contributed by atoms with Crippen LogP contribution in [0.15, 0.2) is 48.5 Å². The zero-order valence-electron chi connectivity index (χ0n) is 13.2. The van der Waals surface area contributed by atoms with E-state index >= 15 is 0 Å². The third-order valence-electron chi connectivity index (χ3n) is 4.20. The van der Waals surface area contributed by atoms with Crippen molar-refractivity contribution in [1.29, 1.82) is 0 Å². The molecule has 2 aromatic rings. The van der Waals surface area contributed by atoms with Crippen LogP contribution in [0.1, 0.15) is 27.9 Å². The van der Waals surface area contributed by atoms with Crippen molar-refractivity contribution in [3.8, 4) is 0 Å². The molecule has 0 fully saturated rings. The summed E-state index contributed by atoms with van der Waals surface area (Å²) in [5.74, 6) is -0.277. The number of anilines is 1. The van der Waals surface area contributed by atoms with E-state index < -0.39 is 0 Å². The van der Waals surface area contributed by atoms with Gasteiger partial charge in [-0.3, -0.25) is 9.59 Å². The quantitative estimate of drug-likeness (QED) is 0.948. The lowest BCUT2D eigenvalue weighted by atomic mass is 10.0. The molecule has 0 radical (unpaired) electrons. The van der Waals surface area contributed by atoms with E-state index in [-0.39, 0.29) is 18.4 Å². The summed E-state index contributed by atoms with van der Waals surface area (Å²) in [7, 11) is 0. The summed E-state index contributed by atoms with van der Waals surface area (Å²) in [6.45, 7) is 2.61. The van der Waals surface area contributed by atoms with Crippen LogP contribution in [-0.2, 0) is 11.2 Å². The molecule has 23 heavy (non-hydrogen) atoms. The van der Waals surface area contributed by atoms with Crippen LogP contribution in [0.2, 0.25) is 0 Å². The second-order valence-corrected chi connectivity index (χ2v) is 5.78. The predicted molar refractivity (Wildman–Crippen MR) is 90.6 cm³/mol. The van der Waals surface area contributed by atoms with Gasteiger partial charge in [0.05, 0.1) is 6.54 Å². The lowest BCUT2D eigenvalue weighted by Gasteiger charge is -2.29. The maximum atomic E-state index is 12.5. The van der Waals surface area contributed by atoms with E-state index in [1.165, 1.54) is 5.56 Å². The average molecular weight is 308 g/mol. The molecular weight excluding hydrogens is 288 g/mol. The van der Waals surface area contributed by atoms with E-state index in [2.05, 4.69) is 11.4 Å². The van der Waals surface area contributed by atoms with Crippen molar-refractivity contribution in [2.45, 2.75) is 19.8 Å². The molecule has 0 saturated heterocycles. The van der Waals surface area contributed by atoms with Gasteiger partial charge in [0.1, 0.15) is 0 Å². The van der Waals surface area contributed by atoms with Crippen molar-refractivity contribution in [2.75, 3.05) is 18.0 Å². The Morgan fingerprint density at radius 1 is 1.09 bits per heavy atom. The molecule has 0 atom stereocenters. The first-order valence-electron chi connectivity index (χ1n) is 7.89. The Balaban J connectivity index is 1.67. The molecule has 4 heteroatoms. The van der Waals surface area contributed by atoms with E-state index in [9.17, 15) is 9.59 Å². The Labute approximate surface area is 136 Å². The van der Waals surface area contributed by atoms with Crippen LogP contribution >= 0.6 is 0 Å². The number of hydrogen-bond donors (Lipinski definition) is 1. The van der Waals surface area contributed by atoms with Gasteiger partial charge in [0.15, 0.2) is 0 Å². The number of benzene rings is 2. The maximum Gasteiger partial charge on any atom is 0.251 e. The fourth-order valence-corrected chi connectivity index (χ4v) is 2.97. The highest BCUT2D eigenvalue weighted by Crippen LogP contribution is 2.26. The van der Waals surface area contributed by atoms with Crippen LogP contribution < -0.4 is 10.2 Å². The molecule has 4 nitrogen and oxygen atoms in total. The minimum atomic E-state index is -0.207. The van der Waals surface area contributed by atoms with Gasteiger partial charge in [-0.2, -0.15) is 0 Å². The second-order valence-electron chi connectivity index (χ2n) is 5.78. The Kier molecular flexibility index (Phi) is 4.42. The number of fused-ring (bicyclic) bond motifs is 1. The normalized spacial score (nSPS) is 13.3. The molecule has 1 N–H and O–H groups in total. The van der Waals surface area contributed by atoms with Crippen molar-refractivity contribution in [2.24, 2.45) is 0 Å². The molecule has 0 aromatic heterocycles. The van der Waals surface area contributed by atoms with Crippen molar-refractivity contribution < 1.29 is 9.59 Å². The molecule has 2 aromatic carbocycles. The number of carbonyl (C=O) groups excluding carboxylic acids is 2. The molecule has 1 aliphatic rings. The van der Waals surface area contributed by atoms with E-state index in [0.717, 1.165) is 24.1 Å². The van der Waals surface area contributed by atoms with E-state index in [1.54, 1.807) is 11.0 Å². The molecule has 1 heterocycles. The van der Waals surface area contributed by atoms with Crippen molar-refractivity contribution in [3.05, 3.63) is 65.2 Å². The summed E-state index contributed by atoms with van der Waals surface area (Å²) in [5, 5.41) is 2.74. The fraction of sp³-hybridized carbons (Fsp3) is 0.263. The van der Waals surface area contributed by atoms with E-state index in [1.807, 2.05) is 43.3 Å². The number of hydrogen-bond acceptors (Lipinski definition) is 2. The average Bonchev–Trinajstić information content (AvgIpc) is 2.59. The molecule has 0 aliphatic carbocycles. The van der Waals surface area contributed by atoms with Gasteiger partial charge in [-0.15, -0.1) is 0 Å². The standard InChI is InChI=1S/C19H20N2O2/c1-14-7-2-4-10-16(14)19(23)20-13-18(22)21-12-6-9-15-8-3-5-11-17(15)21/h2-5,7-8,10-11H,6,9,12-13H2,1H3,(H,20,23). The topological polar surface area (TPSA) is 49.4 Å². The Bertz CT molecular complexity index is 740. The summed E-state index contributed by atoms with van der Waals surface area (Å²) in [5.41, 5.74) is 3.67. The number of rotatable bonds is 3. The summed E-state index contributed by atoms with van der Waals surface area (Å²) >= 11 is 0. The van der Waals surface area contributed by atoms with Crippen molar-refractivity contribution >= 4 is 17.5 Å². The van der Waals surface area contributed by atoms with Crippen LogP contribution in [0.25, 0.3) is 0 Å². The Morgan fingerprint density at radius 2 is 1.83 bits per heavy atom. The van der Waals surface area contributed by atoms with Crippen molar-refractivity contribution in [1.82, 2.24) is 5.32 Å². The van der Waals surface area contributed by atoms with Gasteiger partial charge >= 0.3 is 0 Å². The zero-order chi connectivity index (χ0) is 16.2. The minimum absolute atomic E-state index is 0.0154. The fourth-order valence-electron chi connectivity index (χ4n) is 2.97. The summed E-state index contributed by atoms with van der Waals surface area (Å²) < 4.78 is 0. The monoisotopic (exact) mass is 308 g/mol. The van der Waals surface area contributed by atoms with Gasteiger partial charge in [0.2, 0.25) is 5.91 Å². The van der Waals surface area contributed by atoms with Crippen LogP contribution in [0.4, 0.5) is 5.69 Å². The van der Waals surface area contributed by atoms with Gasteiger partial charge in [-0.1, -0.05) is 36.4 Å². The van der Waals surface area contributed by atoms with Crippen LogP contribution in [-0.4, -0.2) is 24.9 Å². The van der Waals surface area contributed by atoms with Gasteiger partial charge in [-0.25, -0.2) is 0 Å². The van der Waals surface area contributed by atoms with E-state index in [4.69, 9.17) is 0 Å². The molecule has 1 aliphatic heterocycles. The molecule has 0 spiro atoms. The highest BCUT2D eigenvalue weighted by Gasteiger charge is 2.22. The number of nitrogens with zero attached hydrogens (tertiary/aromatic N) is 1. The van der Waals surface area contributed by atoms with E-state index in [0.29, 0.717) is 12.1 Å². The first-order valence-corrected chi connectivity index (χ1v) is 7.89. The van der Waals surface area contributed by atoms with Crippen LogP contribution in [0.3, 0.4) is 0 Å². The lowest BCUT2D eigenvalue weighted by molar-refractivity contribution is -0.117. The minimum Gasteiger partial charge on any atom is -0.343 e. The Hall–Kier alpha value is -2.62. The van der Waals surface area contributed by atoms with Crippen LogP contribution in [0.5, 0.6) is 0 Å². The highest BCUT2D eigenvalue weighted by molar-refractivity contribution is 6.01. The summed E-state index contributed by atoms with van der Waals surface area (Å²) in [4.78, 5) is 26.5. The predicted octanol–water partition coefficient (Wildman–Crippen LogP) is 2.70. The first-order chi connectivity index (χ1) is 11.2. The Morgan fingerprint density at radius 3 is 2.65 bits per heavy atom. The summed E-state index contributed by atoms with van der Waals surface area (Å²) in [6, 6.07) is 15.3. The molecule has 2 amide bonds. The highest BCUT2D eigenvalue weighted by atomic mass is 16.2. The van der Waals surface area contributed by atoms with Gasteiger partial charge < -0.3 is 10.2 Å². The molecule has 0 bridgehead atoms. The zero-order valence-corrected chi connectivity index (χ0v) is 13.2. The molecule has 0 unspecified atom stereocenters. The third-order valence-corrected chi connectivity index (χ3v) is 4.20. The number of aryl methyl sites for hydroxylation is 2. The van der Waals surface area contributed by atoms with Crippen LogP contribution in [0, 0.1) is 6.92 Å². The summed E-state index contributed by atoms with van der Waals surface area (Å²) in [6.07, 6.45) is 1.95. The molecule has 3 rings (SSSR count).